The summed E-state index contributed by atoms with van der Waals surface area (Å²) in [5, 5.41) is 3.44. The second-order valence-corrected chi connectivity index (χ2v) is 6.04. The lowest BCUT2D eigenvalue weighted by Crippen LogP contribution is -2.28. The Labute approximate surface area is 128 Å². The maximum absolute atomic E-state index is 4.64. The van der Waals surface area contributed by atoms with Gasteiger partial charge in [0.1, 0.15) is 0 Å². The van der Waals surface area contributed by atoms with Crippen LogP contribution in [0.25, 0.3) is 0 Å². The van der Waals surface area contributed by atoms with Gasteiger partial charge < -0.3 is 5.32 Å². The molecule has 0 bridgehead atoms. The Bertz CT molecular complexity index is 600. The predicted molar refractivity (Wildman–Crippen MR) is 83.7 cm³/mol. The summed E-state index contributed by atoms with van der Waals surface area (Å²) in [6.07, 6.45) is 7.26. The molecule has 0 amide bonds. The molecule has 3 nitrogen and oxygen atoms in total. The first kappa shape index (κ1) is 13.7. The largest absolute Gasteiger partial charge is 0.311 e. The minimum Gasteiger partial charge on any atom is -0.311 e. The van der Waals surface area contributed by atoms with Crippen LogP contribution < -0.4 is 5.32 Å². The van der Waals surface area contributed by atoms with E-state index in [1.165, 1.54) is 17.7 Å². The van der Waals surface area contributed by atoms with Gasteiger partial charge in [-0.25, -0.2) is 0 Å². The zero-order valence-corrected chi connectivity index (χ0v) is 13.1. The highest BCUT2D eigenvalue weighted by Crippen LogP contribution is 2.40. The molecule has 0 aromatic carbocycles. The third-order valence-electron chi connectivity index (χ3n) is 4.03. The summed E-state index contributed by atoms with van der Waals surface area (Å²) in [5.41, 5.74) is 3.69. The Morgan fingerprint density at radius 1 is 1.25 bits per heavy atom. The molecular weight excluding hydrogens is 314 g/mol. The third kappa shape index (κ3) is 2.50. The molecule has 0 spiro atoms. The fraction of sp³-hybridized carbons (Fsp3) is 0.375. The van der Waals surface area contributed by atoms with E-state index in [1.54, 1.807) is 0 Å². The summed E-state index contributed by atoms with van der Waals surface area (Å²) in [5.74, 6) is 0.385. The Hall–Kier alpha value is -1.26. The number of fused-ring (bicyclic) bond motifs is 1. The highest BCUT2D eigenvalue weighted by Gasteiger charge is 2.30. The Morgan fingerprint density at radius 2 is 2.05 bits per heavy atom. The molecule has 0 radical (unpaired) electrons. The second-order valence-electron chi connectivity index (χ2n) is 5.18. The van der Waals surface area contributed by atoms with Crippen molar-refractivity contribution in [3.8, 4) is 0 Å². The molecule has 1 aliphatic carbocycles. The van der Waals surface area contributed by atoms with E-state index in [0.717, 1.165) is 23.0 Å². The fourth-order valence-corrected chi connectivity index (χ4v) is 3.63. The highest BCUT2D eigenvalue weighted by atomic mass is 79.9. The summed E-state index contributed by atoms with van der Waals surface area (Å²) in [6.45, 7) is 0. The van der Waals surface area contributed by atoms with Gasteiger partial charge in [0.25, 0.3) is 0 Å². The van der Waals surface area contributed by atoms with Crippen molar-refractivity contribution < 1.29 is 0 Å². The molecule has 4 heteroatoms. The quantitative estimate of drug-likeness (QED) is 0.933. The number of aryl methyl sites for hydroxylation is 1. The average molecular weight is 332 g/mol. The molecular formula is C16H18BrN3. The van der Waals surface area contributed by atoms with Crippen molar-refractivity contribution in [2.45, 2.75) is 31.2 Å². The fourth-order valence-electron chi connectivity index (χ4n) is 3.12. The second kappa shape index (κ2) is 6.02. The number of hydrogen-bond acceptors (Lipinski definition) is 3. The van der Waals surface area contributed by atoms with Crippen molar-refractivity contribution in [2.24, 2.45) is 0 Å². The Balaban J connectivity index is 2.01. The van der Waals surface area contributed by atoms with Crippen LogP contribution in [-0.4, -0.2) is 17.0 Å². The first-order valence-electron chi connectivity index (χ1n) is 7.02. The monoisotopic (exact) mass is 331 g/mol. The van der Waals surface area contributed by atoms with Crippen LogP contribution in [0.5, 0.6) is 0 Å². The minimum atomic E-state index is 0.194. The van der Waals surface area contributed by atoms with Crippen LogP contribution >= 0.6 is 15.9 Å². The molecule has 2 aromatic rings. The lowest BCUT2D eigenvalue weighted by molar-refractivity contribution is 0.407. The van der Waals surface area contributed by atoms with E-state index in [1.807, 2.05) is 31.6 Å². The number of likely N-dealkylation sites (N-methyl/N-ethyl adjacent to an activating group) is 1. The van der Waals surface area contributed by atoms with Crippen molar-refractivity contribution in [3.05, 3.63) is 58.1 Å². The molecule has 2 aromatic heterocycles. The molecule has 3 rings (SSSR count). The SMILES string of the molecule is CNC(c1ncccc1Br)C1CCCc2cccnc21. The third-order valence-corrected chi connectivity index (χ3v) is 4.70. The van der Waals surface area contributed by atoms with E-state index in [9.17, 15) is 0 Å². The first-order chi connectivity index (χ1) is 9.81. The van der Waals surface area contributed by atoms with E-state index in [2.05, 4.69) is 43.3 Å². The lowest BCUT2D eigenvalue weighted by atomic mass is 9.81. The maximum Gasteiger partial charge on any atom is 0.0721 e. The Kier molecular flexibility index (Phi) is 4.13. The van der Waals surface area contributed by atoms with Gasteiger partial charge in [0.2, 0.25) is 0 Å². The molecule has 0 aliphatic heterocycles. The van der Waals surface area contributed by atoms with Gasteiger partial charge in [-0.2, -0.15) is 0 Å². The normalized spacial score (nSPS) is 19.4. The van der Waals surface area contributed by atoms with Crippen LogP contribution in [0.1, 0.15) is 41.8 Å². The van der Waals surface area contributed by atoms with Crippen molar-refractivity contribution in [1.29, 1.82) is 0 Å². The number of pyridine rings is 2. The predicted octanol–water partition coefficient (Wildman–Crippen LogP) is 3.62. The smallest absolute Gasteiger partial charge is 0.0721 e. The van der Waals surface area contributed by atoms with Crippen molar-refractivity contribution in [1.82, 2.24) is 15.3 Å². The molecule has 2 atom stereocenters. The topological polar surface area (TPSA) is 37.8 Å². The number of nitrogens with one attached hydrogen (secondary N) is 1. The molecule has 1 aliphatic rings. The van der Waals surface area contributed by atoms with Gasteiger partial charge in [0.05, 0.1) is 11.7 Å². The molecule has 2 heterocycles. The molecule has 2 unspecified atom stereocenters. The van der Waals surface area contributed by atoms with Gasteiger partial charge in [0.15, 0.2) is 0 Å². The van der Waals surface area contributed by atoms with Gasteiger partial charge in [-0.05, 0) is 66.0 Å². The molecule has 0 fully saturated rings. The average Bonchev–Trinajstić information content (AvgIpc) is 2.50. The van der Waals surface area contributed by atoms with E-state index in [0.29, 0.717) is 5.92 Å². The van der Waals surface area contributed by atoms with Gasteiger partial charge in [-0.3, -0.25) is 9.97 Å². The van der Waals surface area contributed by atoms with E-state index < -0.39 is 0 Å². The van der Waals surface area contributed by atoms with Crippen LogP contribution in [-0.2, 0) is 6.42 Å². The highest BCUT2D eigenvalue weighted by molar-refractivity contribution is 9.10. The van der Waals surface area contributed by atoms with Gasteiger partial charge in [-0.1, -0.05) is 6.07 Å². The summed E-state index contributed by atoms with van der Waals surface area (Å²) < 4.78 is 1.06. The first-order valence-corrected chi connectivity index (χ1v) is 7.82. The zero-order chi connectivity index (χ0) is 13.9. The van der Waals surface area contributed by atoms with Gasteiger partial charge in [0, 0.05) is 28.5 Å². The molecule has 0 saturated heterocycles. The van der Waals surface area contributed by atoms with Crippen molar-refractivity contribution in [3.63, 3.8) is 0 Å². The van der Waals surface area contributed by atoms with Crippen LogP contribution in [0.3, 0.4) is 0 Å². The van der Waals surface area contributed by atoms with Gasteiger partial charge in [-0.15, -0.1) is 0 Å². The summed E-state index contributed by atoms with van der Waals surface area (Å²) in [4.78, 5) is 9.20. The number of halogens is 1. The van der Waals surface area contributed by atoms with Crippen molar-refractivity contribution in [2.75, 3.05) is 7.05 Å². The standard InChI is InChI=1S/C16H18BrN3/c1-18-15(16-13(17)8-4-10-20-16)12-7-2-5-11-6-3-9-19-14(11)12/h3-4,6,8-10,12,15,18H,2,5,7H2,1H3. The van der Waals surface area contributed by atoms with Crippen LogP contribution in [0.4, 0.5) is 0 Å². The molecule has 20 heavy (non-hydrogen) atoms. The molecule has 1 N–H and O–H groups in total. The maximum atomic E-state index is 4.64. The Morgan fingerprint density at radius 3 is 2.85 bits per heavy atom. The molecule has 0 saturated carbocycles. The number of aromatic nitrogens is 2. The zero-order valence-electron chi connectivity index (χ0n) is 11.5. The van der Waals surface area contributed by atoms with E-state index in [-0.39, 0.29) is 6.04 Å². The number of nitrogens with zero attached hydrogens (tertiary/aromatic N) is 2. The van der Waals surface area contributed by atoms with E-state index in [4.69, 9.17) is 0 Å². The van der Waals surface area contributed by atoms with Crippen LogP contribution in [0.2, 0.25) is 0 Å². The summed E-state index contributed by atoms with van der Waals surface area (Å²) >= 11 is 3.62. The molecule has 104 valence electrons. The number of hydrogen-bond donors (Lipinski definition) is 1. The minimum absolute atomic E-state index is 0.194. The van der Waals surface area contributed by atoms with Crippen LogP contribution in [0, 0.1) is 0 Å². The van der Waals surface area contributed by atoms with E-state index >= 15 is 0 Å². The van der Waals surface area contributed by atoms with Gasteiger partial charge >= 0.3 is 0 Å². The summed E-state index contributed by atoms with van der Waals surface area (Å²) in [7, 11) is 2.00. The van der Waals surface area contributed by atoms with Crippen molar-refractivity contribution >= 4 is 15.9 Å². The number of rotatable bonds is 3. The van der Waals surface area contributed by atoms with Crippen LogP contribution in [0.15, 0.2) is 41.1 Å². The summed E-state index contributed by atoms with van der Waals surface area (Å²) in [6, 6.07) is 8.43. The lowest BCUT2D eigenvalue weighted by Gasteiger charge is -2.31.